The fourth-order valence-corrected chi connectivity index (χ4v) is 1.89. The Kier molecular flexibility index (Phi) is 3.36. The van der Waals surface area contributed by atoms with Crippen molar-refractivity contribution in [2.24, 2.45) is 5.92 Å². The number of carbonyl (C=O) groups is 1. The zero-order valence-corrected chi connectivity index (χ0v) is 10.4. The van der Waals surface area contributed by atoms with Gasteiger partial charge in [-0.25, -0.2) is 0 Å². The molecular weight excluding hydrogens is 214 g/mol. The Morgan fingerprint density at radius 2 is 2.18 bits per heavy atom. The standard InChI is InChI=1S/C14H19NO2/c1-3-15(9-11-5-6-11)14(17)12-7-4-10(2)13(16)8-12/h4,7-8,11,16H,3,5-6,9H2,1-2H3. The third kappa shape index (κ3) is 2.78. The van der Waals surface area contributed by atoms with Gasteiger partial charge >= 0.3 is 0 Å². The van der Waals surface area contributed by atoms with Gasteiger partial charge in [0.1, 0.15) is 5.75 Å². The molecule has 0 saturated heterocycles. The summed E-state index contributed by atoms with van der Waals surface area (Å²) >= 11 is 0. The molecule has 0 aromatic heterocycles. The van der Waals surface area contributed by atoms with E-state index in [2.05, 4.69) is 0 Å². The summed E-state index contributed by atoms with van der Waals surface area (Å²) < 4.78 is 0. The van der Waals surface area contributed by atoms with Crippen LogP contribution >= 0.6 is 0 Å². The van der Waals surface area contributed by atoms with Gasteiger partial charge in [0.25, 0.3) is 5.91 Å². The molecule has 1 aliphatic rings. The average Bonchev–Trinajstić information content (AvgIpc) is 3.12. The Hall–Kier alpha value is -1.51. The van der Waals surface area contributed by atoms with E-state index < -0.39 is 0 Å². The van der Waals surface area contributed by atoms with Gasteiger partial charge in [0.05, 0.1) is 0 Å². The second-order valence-corrected chi connectivity index (χ2v) is 4.79. The Morgan fingerprint density at radius 3 is 2.71 bits per heavy atom. The summed E-state index contributed by atoms with van der Waals surface area (Å²) in [5.41, 5.74) is 1.38. The van der Waals surface area contributed by atoms with Crippen molar-refractivity contribution in [3.8, 4) is 5.75 Å². The van der Waals surface area contributed by atoms with E-state index in [1.165, 1.54) is 12.8 Å². The Balaban J connectivity index is 2.12. The number of amides is 1. The second kappa shape index (κ2) is 4.78. The van der Waals surface area contributed by atoms with Crippen molar-refractivity contribution in [2.45, 2.75) is 26.7 Å². The molecule has 0 radical (unpaired) electrons. The summed E-state index contributed by atoms with van der Waals surface area (Å²) in [5.74, 6) is 0.908. The summed E-state index contributed by atoms with van der Waals surface area (Å²) in [6.07, 6.45) is 2.48. The third-order valence-corrected chi connectivity index (χ3v) is 3.30. The summed E-state index contributed by atoms with van der Waals surface area (Å²) in [6, 6.07) is 5.13. The van der Waals surface area contributed by atoms with Crippen LogP contribution in [-0.4, -0.2) is 29.0 Å². The lowest BCUT2D eigenvalue weighted by atomic mass is 10.1. The van der Waals surface area contributed by atoms with Crippen molar-refractivity contribution in [1.82, 2.24) is 4.90 Å². The maximum atomic E-state index is 12.2. The predicted molar refractivity (Wildman–Crippen MR) is 67.1 cm³/mol. The van der Waals surface area contributed by atoms with Crippen LogP contribution in [0.3, 0.4) is 0 Å². The summed E-state index contributed by atoms with van der Waals surface area (Å²) in [5, 5.41) is 9.63. The molecule has 1 amide bonds. The zero-order valence-electron chi connectivity index (χ0n) is 10.4. The smallest absolute Gasteiger partial charge is 0.253 e. The van der Waals surface area contributed by atoms with E-state index in [1.807, 2.05) is 18.7 Å². The number of hydrogen-bond acceptors (Lipinski definition) is 2. The molecule has 0 heterocycles. The highest BCUT2D eigenvalue weighted by Crippen LogP contribution is 2.30. The normalized spacial score (nSPS) is 14.7. The van der Waals surface area contributed by atoms with Crippen molar-refractivity contribution in [3.05, 3.63) is 29.3 Å². The van der Waals surface area contributed by atoms with Gasteiger partial charge in [0.15, 0.2) is 0 Å². The van der Waals surface area contributed by atoms with E-state index in [4.69, 9.17) is 0 Å². The molecule has 1 N–H and O–H groups in total. The van der Waals surface area contributed by atoms with Gasteiger partial charge in [-0.15, -0.1) is 0 Å². The van der Waals surface area contributed by atoms with Crippen LogP contribution in [-0.2, 0) is 0 Å². The van der Waals surface area contributed by atoms with Gasteiger partial charge in [0.2, 0.25) is 0 Å². The first kappa shape index (κ1) is 12.0. The van der Waals surface area contributed by atoms with Gasteiger partial charge in [0, 0.05) is 18.7 Å². The summed E-state index contributed by atoms with van der Waals surface area (Å²) in [4.78, 5) is 14.1. The summed E-state index contributed by atoms with van der Waals surface area (Å²) in [6.45, 7) is 5.40. The van der Waals surface area contributed by atoms with Crippen LogP contribution in [0, 0.1) is 12.8 Å². The fourth-order valence-electron chi connectivity index (χ4n) is 1.89. The van der Waals surface area contributed by atoms with Gasteiger partial charge in [-0.05, 0) is 50.3 Å². The molecule has 1 fully saturated rings. The van der Waals surface area contributed by atoms with E-state index in [9.17, 15) is 9.90 Å². The molecule has 3 nitrogen and oxygen atoms in total. The average molecular weight is 233 g/mol. The molecule has 1 aromatic rings. The lowest BCUT2D eigenvalue weighted by Crippen LogP contribution is -2.32. The second-order valence-electron chi connectivity index (χ2n) is 4.79. The molecule has 0 atom stereocenters. The third-order valence-electron chi connectivity index (χ3n) is 3.30. The minimum absolute atomic E-state index is 0.0229. The van der Waals surface area contributed by atoms with Crippen LogP contribution in [0.25, 0.3) is 0 Å². The van der Waals surface area contributed by atoms with Crippen LogP contribution < -0.4 is 0 Å². The van der Waals surface area contributed by atoms with Crippen LogP contribution in [0.2, 0.25) is 0 Å². The molecule has 3 heteroatoms. The molecule has 2 rings (SSSR count). The molecule has 92 valence electrons. The van der Waals surface area contributed by atoms with Gasteiger partial charge in [-0.2, -0.15) is 0 Å². The number of nitrogens with zero attached hydrogens (tertiary/aromatic N) is 1. The zero-order chi connectivity index (χ0) is 12.4. The van der Waals surface area contributed by atoms with Gasteiger partial charge < -0.3 is 10.0 Å². The fraction of sp³-hybridized carbons (Fsp3) is 0.500. The molecule has 0 unspecified atom stereocenters. The van der Waals surface area contributed by atoms with E-state index in [0.29, 0.717) is 11.5 Å². The first-order valence-electron chi connectivity index (χ1n) is 6.20. The van der Waals surface area contributed by atoms with Crippen LogP contribution in [0.1, 0.15) is 35.7 Å². The first-order valence-corrected chi connectivity index (χ1v) is 6.20. The maximum absolute atomic E-state index is 12.2. The molecule has 0 aliphatic heterocycles. The minimum atomic E-state index is 0.0229. The molecule has 1 saturated carbocycles. The van der Waals surface area contributed by atoms with E-state index in [1.54, 1.807) is 18.2 Å². The van der Waals surface area contributed by atoms with Crippen molar-refractivity contribution < 1.29 is 9.90 Å². The molecular formula is C14H19NO2. The number of phenols is 1. The molecule has 0 spiro atoms. The Bertz CT molecular complexity index is 424. The van der Waals surface area contributed by atoms with Crippen LogP contribution in [0.4, 0.5) is 0 Å². The number of aryl methyl sites for hydroxylation is 1. The van der Waals surface area contributed by atoms with E-state index >= 15 is 0 Å². The highest BCUT2D eigenvalue weighted by Gasteiger charge is 2.26. The van der Waals surface area contributed by atoms with Crippen LogP contribution in [0.5, 0.6) is 5.75 Å². The lowest BCUT2D eigenvalue weighted by molar-refractivity contribution is 0.0756. The maximum Gasteiger partial charge on any atom is 0.253 e. The topological polar surface area (TPSA) is 40.5 Å². The number of benzene rings is 1. The minimum Gasteiger partial charge on any atom is -0.508 e. The number of hydrogen-bond donors (Lipinski definition) is 1. The summed E-state index contributed by atoms with van der Waals surface area (Å²) in [7, 11) is 0. The van der Waals surface area contributed by atoms with Crippen molar-refractivity contribution in [3.63, 3.8) is 0 Å². The molecule has 1 aromatic carbocycles. The quantitative estimate of drug-likeness (QED) is 0.868. The molecule has 1 aliphatic carbocycles. The number of rotatable bonds is 4. The van der Waals surface area contributed by atoms with E-state index in [-0.39, 0.29) is 11.7 Å². The Morgan fingerprint density at radius 1 is 1.47 bits per heavy atom. The number of carbonyl (C=O) groups excluding carboxylic acids is 1. The number of phenolic OH excluding ortho intramolecular Hbond substituents is 1. The van der Waals surface area contributed by atoms with Crippen molar-refractivity contribution >= 4 is 5.91 Å². The van der Waals surface area contributed by atoms with Gasteiger partial charge in [-0.1, -0.05) is 6.07 Å². The number of aromatic hydroxyl groups is 1. The Labute approximate surface area is 102 Å². The van der Waals surface area contributed by atoms with Crippen molar-refractivity contribution in [2.75, 3.05) is 13.1 Å². The monoisotopic (exact) mass is 233 g/mol. The predicted octanol–water partition coefficient (Wildman–Crippen LogP) is 2.57. The highest BCUT2D eigenvalue weighted by molar-refractivity contribution is 5.94. The van der Waals surface area contributed by atoms with E-state index in [0.717, 1.165) is 18.7 Å². The largest absolute Gasteiger partial charge is 0.508 e. The molecule has 0 bridgehead atoms. The highest BCUT2D eigenvalue weighted by atomic mass is 16.3. The van der Waals surface area contributed by atoms with Crippen LogP contribution in [0.15, 0.2) is 18.2 Å². The lowest BCUT2D eigenvalue weighted by Gasteiger charge is -2.21. The SMILES string of the molecule is CCN(CC1CC1)C(=O)c1ccc(C)c(O)c1. The van der Waals surface area contributed by atoms with Gasteiger partial charge in [-0.3, -0.25) is 4.79 Å². The molecule has 17 heavy (non-hydrogen) atoms. The first-order chi connectivity index (χ1) is 8.11. The van der Waals surface area contributed by atoms with Crippen molar-refractivity contribution in [1.29, 1.82) is 0 Å².